The van der Waals surface area contributed by atoms with Gasteiger partial charge in [0.05, 0.1) is 18.8 Å². The first-order valence-corrected chi connectivity index (χ1v) is 12.8. The van der Waals surface area contributed by atoms with E-state index in [1.807, 2.05) is 6.08 Å². The van der Waals surface area contributed by atoms with Crippen molar-refractivity contribution in [3.63, 3.8) is 0 Å². The van der Waals surface area contributed by atoms with Crippen LogP contribution in [0.4, 0.5) is 0 Å². The van der Waals surface area contributed by atoms with Crippen LogP contribution >= 0.6 is 0 Å². The zero-order chi connectivity index (χ0) is 23.9. The van der Waals surface area contributed by atoms with Crippen LogP contribution in [0.1, 0.15) is 104 Å². The maximum absolute atomic E-state index is 12.2. The topological polar surface area (TPSA) is 89.8 Å². The summed E-state index contributed by atoms with van der Waals surface area (Å²) in [6.45, 7) is 4.00. The maximum Gasteiger partial charge on any atom is 0.249 e. The van der Waals surface area contributed by atoms with Crippen LogP contribution in [0.15, 0.2) is 36.5 Å². The normalized spacial score (nSPS) is 15.0. The van der Waals surface area contributed by atoms with E-state index in [1.165, 1.54) is 32.1 Å². The Bertz CT molecular complexity index is 516. The molecule has 5 nitrogen and oxygen atoms in total. The molecule has 32 heavy (non-hydrogen) atoms. The molecule has 5 heteroatoms. The molecule has 3 atom stereocenters. The Balaban J connectivity index is 4.03. The zero-order valence-corrected chi connectivity index (χ0v) is 20.6. The first-order chi connectivity index (χ1) is 15.6. The molecule has 0 aromatic rings. The summed E-state index contributed by atoms with van der Waals surface area (Å²) in [7, 11) is 0. The van der Waals surface area contributed by atoms with Crippen molar-refractivity contribution in [2.75, 3.05) is 6.61 Å². The van der Waals surface area contributed by atoms with Gasteiger partial charge in [-0.3, -0.25) is 4.79 Å². The van der Waals surface area contributed by atoms with E-state index in [9.17, 15) is 20.1 Å². The molecule has 0 rings (SSSR count). The third-order valence-corrected chi connectivity index (χ3v) is 5.45. The molecule has 0 aromatic carbocycles. The van der Waals surface area contributed by atoms with E-state index in [-0.39, 0.29) is 6.61 Å². The fraction of sp³-hybridized carbons (Fsp3) is 0.741. The first kappa shape index (κ1) is 30.6. The average Bonchev–Trinajstić information content (AvgIpc) is 2.79. The van der Waals surface area contributed by atoms with Gasteiger partial charge >= 0.3 is 0 Å². The van der Waals surface area contributed by atoms with Crippen molar-refractivity contribution in [2.45, 2.75) is 122 Å². The van der Waals surface area contributed by atoms with Gasteiger partial charge in [0.2, 0.25) is 5.91 Å². The number of rotatable bonds is 21. The van der Waals surface area contributed by atoms with Crippen molar-refractivity contribution in [1.29, 1.82) is 0 Å². The fourth-order valence-corrected chi connectivity index (χ4v) is 3.29. The number of nitrogens with one attached hydrogen (secondary N) is 1. The van der Waals surface area contributed by atoms with Crippen molar-refractivity contribution < 1.29 is 20.1 Å². The summed E-state index contributed by atoms with van der Waals surface area (Å²) in [5.41, 5.74) is 0. The zero-order valence-electron chi connectivity index (χ0n) is 20.6. The van der Waals surface area contributed by atoms with Crippen LogP contribution in [0.3, 0.4) is 0 Å². The molecule has 0 aromatic heterocycles. The smallest absolute Gasteiger partial charge is 0.249 e. The minimum Gasteiger partial charge on any atom is -0.394 e. The largest absolute Gasteiger partial charge is 0.394 e. The average molecular weight is 452 g/mol. The van der Waals surface area contributed by atoms with Crippen LogP contribution in [0.25, 0.3) is 0 Å². The quantitative estimate of drug-likeness (QED) is 0.140. The minimum absolute atomic E-state index is 0.383. The highest BCUT2D eigenvalue weighted by Gasteiger charge is 2.22. The molecule has 0 aliphatic rings. The second kappa shape index (κ2) is 22.8. The van der Waals surface area contributed by atoms with Crippen LogP contribution in [0.2, 0.25) is 0 Å². The van der Waals surface area contributed by atoms with E-state index in [0.29, 0.717) is 6.42 Å². The minimum atomic E-state index is -1.11. The Morgan fingerprint density at radius 2 is 1.31 bits per heavy atom. The Labute approximate surface area is 196 Å². The molecule has 0 radical (unpaired) electrons. The number of carbonyl (C=O) groups excluding carboxylic acids is 1. The van der Waals surface area contributed by atoms with Gasteiger partial charge in [0.1, 0.15) is 6.10 Å². The molecule has 0 aliphatic heterocycles. The van der Waals surface area contributed by atoms with Crippen molar-refractivity contribution in [3.8, 4) is 0 Å². The monoisotopic (exact) mass is 451 g/mol. The van der Waals surface area contributed by atoms with Gasteiger partial charge in [-0.1, -0.05) is 88.8 Å². The van der Waals surface area contributed by atoms with Crippen LogP contribution in [0, 0.1) is 0 Å². The van der Waals surface area contributed by atoms with Gasteiger partial charge in [-0.25, -0.2) is 0 Å². The molecule has 0 aliphatic carbocycles. The molecule has 0 fully saturated rings. The summed E-state index contributed by atoms with van der Waals surface area (Å²) in [4.78, 5) is 12.2. The van der Waals surface area contributed by atoms with Gasteiger partial charge in [0, 0.05) is 0 Å². The van der Waals surface area contributed by atoms with E-state index in [4.69, 9.17) is 0 Å². The van der Waals surface area contributed by atoms with Crippen LogP contribution in [-0.4, -0.2) is 46.1 Å². The number of hydrogen-bond donors (Lipinski definition) is 4. The molecule has 3 unspecified atom stereocenters. The first-order valence-electron chi connectivity index (χ1n) is 12.8. The molecular weight excluding hydrogens is 402 g/mol. The molecule has 0 saturated carbocycles. The molecular formula is C27H49NO4. The van der Waals surface area contributed by atoms with Gasteiger partial charge in [-0.05, 0) is 51.4 Å². The van der Waals surface area contributed by atoms with Crippen molar-refractivity contribution >= 4 is 5.91 Å². The van der Waals surface area contributed by atoms with Crippen LogP contribution < -0.4 is 5.32 Å². The summed E-state index contributed by atoms with van der Waals surface area (Å²) >= 11 is 0. The third-order valence-electron chi connectivity index (χ3n) is 5.45. The van der Waals surface area contributed by atoms with Crippen molar-refractivity contribution in [3.05, 3.63) is 36.5 Å². The Kier molecular flexibility index (Phi) is 21.7. The van der Waals surface area contributed by atoms with E-state index in [0.717, 1.165) is 51.4 Å². The molecule has 4 N–H and O–H groups in total. The molecule has 186 valence electrons. The third kappa shape index (κ3) is 18.2. The second-order valence-corrected chi connectivity index (χ2v) is 8.53. The number of amides is 1. The van der Waals surface area contributed by atoms with Gasteiger partial charge in [-0.15, -0.1) is 0 Å². The van der Waals surface area contributed by atoms with E-state index in [1.54, 1.807) is 6.08 Å². The lowest BCUT2D eigenvalue weighted by atomic mass is 10.1. The maximum atomic E-state index is 12.2. The van der Waals surface area contributed by atoms with Crippen molar-refractivity contribution in [2.24, 2.45) is 0 Å². The van der Waals surface area contributed by atoms with Crippen LogP contribution in [-0.2, 0) is 4.79 Å². The molecule has 0 heterocycles. The van der Waals surface area contributed by atoms with Gasteiger partial charge in [0.25, 0.3) is 0 Å². The predicted molar refractivity (Wildman–Crippen MR) is 134 cm³/mol. The Morgan fingerprint density at radius 1 is 0.750 bits per heavy atom. The van der Waals surface area contributed by atoms with Gasteiger partial charge < -0.3 is 20.6 Å². The highest BCUT2D eigenvalue weighted by Crippen LogP contribution is 2.08. The van der Waals surface area contributed by atoms with Gasteiger partial charge in [0.15, 0.2) is 0 Å². The second-order valence-electron chi connectivity index (χ2n) is 8.53. The molecule has 0 bridgehead atoms. The van der Waals surface area contributed by atoms with E-state index in [2.05, 4.69) is 43.5 Å². The summed E-state index contributed by atoms with van der Waals surface area (Å²) in [6, 6.07) is -0.814. The number of aliphatic hydroxyl groups excluding tert-OH is 3. The number of unbranched alkanes of at least 4 members (excludes halogenated alkanes) is 9. The molecule has 1 amide bonds. The Hall–Kier alpha value is -1.43. The summed E-state index contributed by atoms with van der Waals surface area (Å²) in [5, 5.41) is 32.4. The lowest BCUT2D eigenvalue weighted by molar-refractivity contribution is -0.131. The highest BCUT2D eigenvalue weighted by molar-refractivity contribution is 5.80. The number of aliphatic hydroxyl groups is 3. The van der Waals surface area contributed by atoms with E-state index >= 15 is 0 Å². The summed E-state index contributed by atoms with van der Waals surface area (Å²) in [6.07, 6.45) is 24.5. The van der Waals surface area contributed by atoms with Crippen LogP contribution in [0.5, 0.6) is 0 Å². The summed E-state index contributed by atoms with van der Waals surface area (Å²) < 4.78 is 0. The van der Waals surface area contributed by atoms with Gasteiger partial charge in [-0.2, -0.15) is 0 Å². The number of allylic oxidation sites excluding steroid dienone is 5. The lowest BCUT2D eigenvalue weighted by Gasteiger charge is -2.21. The fourth-order valence-electron chi connectivity index (χ4n) is 3.29. The summed E-state index contributed by atoms with van der Waals surface area (Å²) in [5.74, 6) is -0.536. The SMILES string of the molecule is CCCC/C=C\CCCCCC(O)C(=O)NC(CO)C(O)/C=C/CC/C=C/CCCCC. The Morgan fingerprint density at radius 3 is 1.94 bits per heavy atom. The number of carbonyl (C=O) groups is 1. The standard InChI is InChI=1S/C27H49NO4/c1-3-5-7-9-11-13-15-17-19-21-25(30)24(23-29)28-27(32)26(31)22-20-18-16-14-12-10-8-6-4-2/h10-13,19,21,24-26,29-31H,3-9,14-18,20,22-23H2,1-2H3,(H,28,32)/b12-10-,13-11+,21-19+. The predicted octanol–water partition coefficient (Wildman–Crippen LogP) is 5.36. The molecule has 0 spiro atoms. The highest BCUT2D eigenvalue weighted by atomic mass is 16.3. The van der Waals surface area contributed by atoms with Crippen molar-refractivity contribution in [1.82, 2.24) is 5.32 Å². The molecule has 0 saturated heterocycles. The number of hydrogen-bond acceptors (Lipinski definition) is 4. The lowest BCUT2D eigenvalue weighted by Crippen LogP contribution is -2.48. The van der Waals surface area contributed by atoms with E-state index < -0.39 is 24.2 Å².